The van der Waals surface area contributed by atoms with E-state index in [9.17, 15) is 32.3 Å². The third-order valence-electron chi connectivity index (χ3n) is 7.70. The van der Waals surface area contributed by atoms with Crippen LogP contribution in [-0.4, -0.2) is 63.5 Å². The summed E-state index contributed by atoms with van der Waals surface area (Å²) < 4.78 is 38.8. The fourth-order valence-corrected chi connectivity index (χ4v) is 5.52. The SMILES string of the molecule is CC(C)C(NC(=O)C(F)(F)F)C(=O)N1C[C@H]2[C@@H]([C@H]1C(=O)NC(C(N)=O)c1cnnc3ccccc13)C2(C)C. The van der Waals surface area contributed by atoms with Gasteiger partial charge in [0.1, 0.15) is 18.1 Å². The van der Waals surface area contributed by atoms with Gasteiger partial charge in [0.05, 0.1) is 11.7 Å². The van der Waals surface area contributed by atoms with Crippen LogP contribution in [0, 0.1) is 23.2 Å². The summed E-state index contributed by atoms with van der Waals surface area (Å²) >= 11 is 0. The predicted molar refractivity (Wildman–Crippen MR) is 129 cm³/mol. The van der Waals surface area contributed by atoms with Crippen molar-refractivity contribution in [3.05, 3.63) is 36.0 Å². The van der Waals surface area contributed by atoms with Crippen LogP contribution in [0.3, 0.4) is 0 Å². The largest absolute Gasteiger partial charge is 0.471 e. The van der Waals surface area contributed by atoms with E-state index in [1.165, 1.54) is 24.9 Å². The molecule has 1 aliphatic heterocycles. The first kappa shape index (κ1) is 27.3. The summed E-state index contributed by atoms with van der Waals surface area (Å²) in [5, 5.41) is 12.9. The number of nitrogens with zero attached hydrogens (tertiary/aromatic N) is 3. The van der Waals surface area contributed by atoms with Gasteiger partial charge in [0, 0.05) is 17.5 Å². The molecule has 2 fully saturated rings. The summed E-state index contributed by atoms with van der Waals surface area (Å²) in [7, 11) is 0. The van der Waals surface area contributed by atoms with E-state index in [-0.39, 0.29) is 23.8 Å². The molecule has 2 unspecified atom stereocenters. The molecule has 10 nitrogen and oxygen atoms in total. The number of carbonyl (C=O) groups is 4. The normalized spacial score (nSPS) is 23.5. The number of primary amides is 1. The molecule has 0 bridgehead atoms. The van der Waals surface area contributed by atoms with Gasteiger partial charge < -0.3 is 21.3 Å². The van der Waals surface area contributed by atoms with Crippen molar-refractivity contribution in [2.24, 2.45) is 28.9 Å². The second kappa shape index (κ2) is 9.52. The van der Waals surface area contributed by atoms with Gasteiger partial charge in [0.2, 0.25) is 17.7 Å². The van der Waals surface area contributed by atoms with Crippen LogP contribution in [0.4, 0.5) is 13.2 Å². The fourth-order valence-electron chi connectivity index (χ4n) is 5.52. The summed E-state index contributed by atoms with van der Waals surface area (Å²) in [4.78, 5) is 52.4. The smallest absolute Gasteiger partial charge is 0.368 e. The minimum atomic E-state index is -5.17. The van der Waals surface area contributed by atoms with E-state index >= 15 is 0 Å². The molecule has 4 rings (SSSR count). The van der Waals surface area contributed by atoms with Crippen LogP contribution in [0.2, 0.25) is 0 Å². The number of amides is 4. The monoisotopic (exact) mass is 534 g/mol. The van der Waals surface area contributed by atoms with Crippen molar-refractivity contribution in [1.82, 2.24) is 25.7 Å². The molecule has 13 heteroatoms. The number of halogens is 3. The fraction of sp³-hybridized carbons (Fsp3) is 0.520. The van der Waals surface area contributed by atoms with E-state index in [1.807, 2.05) is 13.8 Å². The Hall–Kier alpha value is -3.77. The number of hydrogen-bond donors (Lipinski definition) is 3. The van der Waals surface area contributed by atoms with Crippen molar-refractivity contribution < 1.29 is 32.3 Å². The van der Waals surface area contributed by atoms with Crippen molar-refractivity contribution in [2.45, 2.75) is 52.0 Å². The number of rotatable bonds is 7. The number of benzene rings is 1. The maximum atomic E-state index is 13.7. The molecule has 2 heterocycles. The van der Waals surface area contributed by atoms with Gasteiger partial charge in [0.25, 0.3) is 0 Å². The van der Waals surface area contributed by atoms with Crippen LogP contribution in [0.15, 0.2) is 30.5 Å². The number of carbonyl (C=O) groups excluding carboxylic acids is 4. The van der Waals surface area contributed by atoms with Crippen LogP contribution in [0.5, 0.6) is 0 Å². The second-order valence-electron chi connectivity index (χ2n) is 10.7. The van der Waals surface area contributed by atoms with Gasteiger partial charge in [-0.25, -0.2) is 0 Å². The molecule has 1 aromatic carbocycles. The van der Waals surface area contributed by atoms with Gasteiger partial charge in [-0.3, -0.25) is 19.2 Å². The van der Waals surface area contributed by atoms with E-state index < -0.39 is 53.8 Å². The highest BCUT2D eigenvalue weighted by Gasteiger charge is 2.69. The summed E-state index contributed by atoms with van der Waals surface area (Å²) in [6.45, 7) is 6.99. The highest BCUT2D eigenvalue weighted by Crippen LogP contribution is 2.65. The second-order valence-corrected chi connectivity index (χ2v) is 10.7. The molecule has 0 radical (unpaired) electrons. The standard InChI is InChI=1S/C25H29F3N6O4/c1-11(2)17(32-23(38)25(26,27)28)22(37)34-10-14-16(24(14,3)4)19(34)21(36)31-18(20(29)35)13-9-30-33-15-8-6-5-7-12(13)15/h5-9,11,14,16-19H,10H2,1-4H3,(H2,29,35)(H,31,36)(H,32,38)/t14-,16-,17?,18?,19-/m0/s1. The van der Waals surface area contributed by atoms with Gasteiger partial charge in [-0.15, -0.1) is 0 Å². The first-order valence-electron chi connectivity index (χ1n) is 12.1. The molecule has 4 amide bonds. The summed E-state index contributed by atoms with van der Waals surface area (Å²) in [5.41, 5.74) is 6.13. The first-order valence-corrected chi connectivity index (χ1v) is 12.1. The zero-order valence-corrected chi connectivity index (χ0v) is 21.2. The average molecular weight is 535 g/mol. The molecular weight excluding hydrogens is 505 g/mol. The lowest BCUT2D eigenvalue weighted by atomic mass is 9.96. The van der Waals surface area contributed by atoms with Crippen molar-refractivity contribution in [3.8, 4) is 0 Å². The molecular formula is C25H29F3N6O4. The zero-order chi connectivity index (χ0) is 28.2. The molecule has 5 atom stereocenters. The molecule has 1 saturated carbocycles. The number of hydrogen-bond acceptors (Lipinski definition) is 6. The Labute approximate surface area is 216 Å². The Morgan fingerprint density at radius 2 is 1.79 bits per heavy atom. The molecule has 2 aliphatic rings. The Morgan fingerprint density at radius 3 is 2.39 bits per heavy atom. The summed E-state index contributed by atoms with van der Waals surface area (Å²) in [6.07, 6.45) is -3.85. The van der Waals surface area contributed by atoms with Crippen molar-refractivity contribution in [1.29, 1.82) is 0 Å². The quantitative estimate of drug-likeness (QED) is 0.490. The zero-order valence-electron chi connectivity index (χ0n) is 21.2. The number of aromatic nitrogens is 2. The van der Waals surface area contributed by atoms with Crippen LogP contribution in [0.1, 0.15) is 39.3 Å². The highest BCUT2D eigenvalue weighted by molar-refractivity contribution is 5.97. The maximum Gasteiger partial charge on any atom is 0.471 e. The number of fused-ring (bicyclic) bond motifs is 2. The molecule has 1 aliphatic carbocycles. The predicted octanol–water partition coefficient (Wildman–Crippen LogP) is 1.46. The van der Waals surface area contributed by atoms with E-state index in [2.05, 4.69) is 15.5 Å². The Bertz CT molecular complexity index is 1290. The Morgan fingerprint density at radius 1 is 1.13 bits per heavy atom. The summed E-state index contributed by atoms with van der Waals surface area (Å²) in [6, 6.07) is 2.97. The lowest BCUT2D eigenvalue weighted by Gasteiger charge is -2.34. The number of alkyl halides is 3. The third-order valence-corrected chi connectivity index (χ3v) is 7.70. The van der Waals surface area contributed by atoms with Crippen molar-refractivity contribution in [3.63, 3.8) is 0 Å². The number of likely N-dealkylation sites (tertiary alicyclic amines) is 1. The van der Waals surface area contributed by atoms with E-state index in [4.69, 9.17) is 5.73 Å². The molecule has 2 aromatic rings. The van der Waals surface area contributed by atoms with E-state index in [1.54, 1.807) is 29.6 Å². The first-order chi connectivity index (χ1) is 17.7. The van der Waals surface area contributed by atoms with Gasteiger partial charge in [0.15, 0.2) is 0 Å². The topological polar surface area (TPSA) is 147 Å². The molecule has 38 heavy (non-hydrogen) atoms. The van der Waals surface area contributed by atoms with Gasteiger partial charge in [-0.05, 0) is 29.2 Å². The summed E-state index contributed by atoms with van der Waals surface area (Å²) in [5.74, 6) is -5.63. The van der Waals surface area contributed by atoms with Crippen LogP contribution >= 0.6 is 0 Å². The minimum Gasteiger partial charge on any atom is -0.368 e. The number of nitrogens with two attached hydrogens (primary N) is 1. The third kappa shape index (κ3) is 4.76. The van der Waals surface area contributed by atoms with Crippen molar-refractivity contribution in [2.75, 3.05) is 6.54 Å². The van der Waals surface area contributed by atoms with Gasteiger partial charge >= 0.3 is 12.1 Å². The van der Waals surface area contributed by atoms with Crippen LogP contribution in [0.25, 0.3) is 10.9 Å². The van der Waals surface area contributed by atoms with Crippen molar-refractivity contribution >= 4 is 34.5 Å². The van der Waals surface area contributed by atoms with Crippen LogP contribution in [-0.2, 0) is 19.2 Å². The number of nitrogens with one attached hydrogen (secondary N) is 2. The van der Waals surface area contributed by atoms with E-state index in [0.29, 0.717) is 16.5 Å². The molecule has 4 N–H and O–H groups in total. The minimum absolute atomic E-state index is 0.0798. The lowest BCUT2D eigenvalue weighted by Crippen LogP contribution is -2.59. The molecule has 204 valence electrons. The van der Waals surface area contributed by atoms with Crippen LogP contribution < -0.4 is 16.4 Å². The number of piperidine rings is 1. The Kier molecular flexibility index (Phi) is 6.83. The maximum absolute atomic E-state index is 13.7. The molecule has 1 aromatic heterocycles. The average Bonchev–Trinajstić information content (AvgIpc) is 3.16. The molecule has 0 spiro atoms. The van der Waals surface area contributed by atoms with Gasteiger partial charge in [-0.1, -0.05) is 45.9 Å². The Balaban J connectivity index is 1.63. The van der Waals surface area contributed by atoms with Gasteiger partial charge in [-0.2, -0.15) is 23.4 Å². The highest BCUT2D eigenvalue weighted by atomic mass is 19.4. The molecule has 1 saturated heterocycles. The van der Waals surface area contributed by atoms with E-state index in [0.717, 1.165) is 0 Å². The lowest BCUT2D eigenvalue weighted by molar-refractivity contribution is -0.175.